The van der Waals surface area contributed by atoms with E-state index in [4.69, 9.17) is 9.47 Å². The average Bonchev–Trinajstić information content (AvgIpc) is 2.53. The summed E-state index contributed by atoms with van der Waals surface area (Å²) in [6.07, 6.45) is 1.64. The van der Waals surface area contributed by atoms with Crippen molar-refractivity contribution < 1.29 is 17.9 Å². The zero-order chi connectivity index (χ0) is 15.8. The van der Waals surface area contributed by atoms with E-state index in [0.29, 0.717) is 32.9 Å². The molecular formula is C16H25NO4S. The van der Waals surface area contributed by atoms with Gasteiger partial charge >= 0.3 is 0 Å². The largest absolute Gasteiger partial charge is 0.379 e. The molecule has 0 aromatic heterocycles. The average molecular weight is 327 g/mol. The molecule has 0 bridgehead atoms. The van der Waals surface area contributed by atoms with Gasteiger partial charge in [-0.2, -0.15) is 0 Å². The highest BCUT2D eigenvalue weighted by atomic mass is 32.2. The van der Waals surface area contributed by atoms with Crippen LogP contribution in [0.3, 0.4) is 0 Å². The zero-order valence-corrected chi connectivity index (χ0v) is 13.9. The van der Waals surface area contributed by atoms with E-state index in [0.717, 1.165) is 18.4 Å². The molecule has 124 valence electrons. The highest BCUT2D eigenvalue weighted by molar-refractivity contribution is 7.88. The van der Waals surface area contributed by atoms with E-state index < -0.39 is 10.0 Å². The third-order valence-electron chi connectivity index (χ3n) is 3.77. The lowest BCUT2D eigenvalue weighted by Gasteiger charge is -2.31. The van der Waals surface area contributed by atoms with E-state index in [1.165, 1.54) is 0 Å². The summed E-state index contributed by atoms with van der Waals surface area (Å²) in [7, 11) is -3.24. The van der Waals surface area contributed by atoms with E-state index in [9.17, 15) is 8.42 Å². The van der Waals surface area contributed by atoms with Gasteiger partial charge in [0.25, 0.3) is 0 Å². The van der Waals surface area contributed by atoms with Gasteiger partial charge in [0.2, 0.25) is 10.0 Å². The predicted molar refractivity (Wildman–Crippen MR) is 86.1 cm³/mol. The fourth-order valence-corrected chi connectivity index (χ4v) is 4.13. The van der Waals surface area contributed by atoms with E-state index in [1.807, 2.05) is 37.3 Å². The number of piperidine rings is 1. The molecule has 6 heteroatoms. The lowest BCUT2D eigenvalue weighted by molar-refractivity contribution is -0.0121. The summed E-state index contributed by atoms with van der Waals surface area (Å²) in [5, 5.41) is 0. The summed E-state index contributed by atoms with van der Waals surface area (Å²) < 4.78 is 37.4. The van der Waals surface area contributed by atoms with Gasteiger partial charge in [0.1, 0.15) is 0 Å². The lowest BCUT2D eigenvalue weighted by atomic mass is 10.1. The maximum Gasteiger partial charge on any atom is 0.218 e. The second-order valence-corrected chi connectivity index (χ2v) is 7.38. The smallest absolute Gasteiger partial charge is 0.218 e. The Bertz CT molecular complexity index is 524. The topological polar surface area (TPSA) is 55.8 Å². The Morgan fingerprint density at radius 1 is 1.14 bits per heavy atom. The molecule has 0 radical (unpaired) electrons. The highest BCUT2D eigenvalue weighted by Crippen LogP contribution is 2.19. The first-order chi connectivity index (χ1) is 10.6. The summed E-state index contributed by atoms with van der Waals surface area (Å²) >= 11 is 0. The van der Waals surface area contributed by atoms with Gasteiger partial charge in [-0.1, -0.05) is 30.3 Å². The van der Waals surface area contributed by atoms with Crippen LogP contribution in [0.4, 0.5) is 0 Å². The Labute approximate surface area is 133 Å². The van der Waals surface area contributed by atoms with Gasteiger partial charge in [0.15, 0.2) is 0 Å². The molecule has 1 aliphatic rings. The third-order valence-corrected chi connectivity index (χ3v) is 5.62. The summed E-state index contributed by atoms with van der Waals surface area (Å²) in [6, 6.07) is 9.32. The first-order valence-corrected chi connectivity index (χ1v) is 9.44. The summed E-state index contributed by atoms with van der Waals surface area (Å²) in [5.74, 6) is 0.0731. The molecule has 0 spiro atoms. The van der Waals surface area contributed by atoms with Crippen molar-refractivity contribution in [3.05, 3.63) is 35.9 Å². The minimum absolute atomic E-state index is 0.0731. The number of hydrogen-bond donors (Lipinski definition) is 0. The van der Waals surface area contributed by atoms with Crippen molar-refractivity contribution >= 4 is 10.0 Å². The van der Waals surface area contributed by atoms with Gasteiger partial charge in [0, 0.05) is 19.7 Å². The molecule has 0 aliphatic carbocycles. The molecule has 0 atom stereocenters. The molecule has 2 rings (SSSR count). The second kappa shape index (κ2) is 8.62. The Hall–Kier alpha value is -0.950. The number of benzene rings is 1. The number of rotatable bonds is 8. The Morgan fingerprint density at radius 3 is 2.45 bits per heavy atom. The monoisotopic (exact) mass is 327 g/mol. The molecule has 0 saturated carbocycles. The van der Waals surface area contributed by atoms with Crippen LogP contribution in [-0.2, 0) is 25.2 Å². The maximum absolute atomic E-state index is 12.4. The maximum atomic E-state index is 12.4. The van der Waals surface area contributed by atoms with Crippen molar-refractivity contribution in [3.63, 3.8) is 0 Å². The van der Waals surface area contributed by atoms with Crippen molar-refractivity contribution in [1.82, 2.24) is 4.31 Å². The molecule has 5 nitrogen and oxygen atoms in total. The van der Waals surface area contributed by atoms with Crippen LogP contribution < -0.4 is 0 Å². The molecule has 1 aromatic carbocycles. The van der Waals surface area contributed by atoms with Crippen LogP contribution in [0.25, 0.3) is 0 Å². The Balaban J connectivity index is 1.78. The molecule has 1 fully saturated rings. The quantitative estimate of drug-likeness (QED) is 0.686. The first kappa shape index (κ1) is 17.4. The van der Waals surface area contributed by atoms with Crippen LogP contribution in [0.2, 0.25) is 0 Å². The van der Waals surface area contributed by atoms with E-state index in [-0.39, 0.29) is 11.9 Å². The van der Waals surface area contributed by atoms with E-state index in [1.54, 1.807) is 4.31 Å². The van der Waals surface area contributed by atoms with Gasteiger partial charge in [-0.25, -0.2) is 12.7 Å². The van der Waals surface area contributed by atoms with Crippen molar-refractivity contribution in [3.8, 4) is 0 Å². The second-order valence-electron chi connectivity index (χ2n) is 5.41. The van der Waals surface area contributed by atoms with Crippen LogP contribution in [0.5, 0.6) is 0 Å². The minimum Gasteiger partial charge on any atom is -0.379 e. The van der Waals surface area contributed by atoms with Crippen molar-refractivity contribution in [2.75, 3.05) is 32.9 Å². The zero-order valence-electron chi connectivity index (χ0n) is 13.1. The van der Waals surface area contributed by atoms with Crippen molar-refractivity contribution in [2.24, 2.45) is 0 Å². The number of hydrogen-bond acceptors (Lipinski definition) is 4. The molecule has 1 aromatic rings. The van der Waals surface area contributed by atoms with Gasteiger partial charge < -0.3 is 9.47 Å². The minimum atomic E-state index is -3.24. The van der Waals surface area contributed by atoms with E-state index in [2.05, 4.69) is 0 Å². The molecule has 0 N–H and O–H groups in total. The normalized spacial score (nSPS) is 17.7. The predicted octanol–water partition coefficient (Wildman–Crippen LogP) is 2.03. The fourth-order valence-electron chi connectivity index (χ4n) is 2.57. The standard InChI is InChI=1S/C16H25NO4S/c1-2-20-12-13-21-16-8-10-17(11-9-16)22(18,19)14-15-6-4-3-5-7-15/h3-7,16H,2,8-14H2,1H3. The van der Waals surface area contributed by atoms with Gasteiger partial charge in [-0.3, -0.25) is 0 Å². The number of sulfonamides is 1. The van der Waals surface area contributed by atoms with Crippen molar-refractivity contribution in [1.29, 1.82) is 0 Å². The number of ether oxygens (including phenoxy) is 2. The van der Waals surface area contributed by atoms with Crippen LogP contribution >= 0.6 is 0 Å². The van der Waals surface area contributed by atoms with Crippen LogP contribution in [0, 0.1) is 0 Å². The van der Waals surface area contributed by atoms with Gasteiger partial charge in [0.05, 0.1) is 25.1 Å². The molecule has 1 saturated heterocycles. The summed E-state index contributed by atoms with van der Waals surface area (Å²) in [5.41, 5.74) is 0.831. The fraction of sp³-hybridized carbons (Fsp3) is 0.625. The van der Waals surface area contributed by atoms with Crippen LogP contribution in [-0.4, -0.2) is 51.7 Å². The first-order valence-electron chi connectivity index (χ1n) is 7.83. The highest BCUT2D eigenvalue weighted by Gasteiger charge is 2.28. The van der Waals surface area contributed by atoms with Crippen LogP contribution in [0.15, 0.2) is 30.3 Å². The molecule has 22 heavy (non-hydrogen) atoms. The summed E-state index contributed by atoms with van der Waals surface area (Å²) in [6.45, 7) is 4.90. The third kappa shape index (κ3) is 5.35. The van der Waals surface area contributed by atoms with Crippen LogP contribution in [0.1, 0.15) is 25.3 Å². The molecular weight excluding hydrogens is 302 g/mol. The lowest BCUT2D eigenvalue weighted by Crippen LogP contribution is -2.41. The Kier molecular flexibility index (Phi) is 6.82. The molecule has 1 heterocycles. The summed E-state index contributed by atoms with van der Waals surface area (Å²) in [4.78, 5) is 0. The molecule has 0 amide bonds. The van der Waals surface area contributed by atoms with Gasteiger partial charge in [-0.05, 0) is 25.3 Å². The number of nitrogens with zero attached hydrogens (tertiary/aromatic N) is 1. The SMILES string of the molecule is CCOCCOC1CCN(S(=O)(=O)Cc2ccccc2)CC1. The van der Waals surface area contributed by atoms with E-state index >= 15 is 0 Å². The molecule has 1 aliphatic heterocycles. The Morgan fingerprint density at radius 2 is 1.82 bits per heavy atom. The van der Waals surface area contributed by atoms with Gasteiger partial charge in [-0.15, -0.1) is 0 Å². The van der Waals surface area contributed by atoms with Crippen molar-refractivity contribution in [2.45, 2.75) is 31.6 Å². The molecule has 0 unspecified atom stereocenters.